The minimum Gasteiger partial charge on any atom is -0.396 e. The van der Waals surface area contributed by atoms with Gasteiger partial charge in [-0.2, -0.15) is 0 Å². The lowest BCUT2D eigenvalue weighted by Crippen LogP contribution is -2.54. The first-order valence-corrected chi connectivity index (χ1v) is 6.99. The van der Waals surface area contributed by atoms with E-state index in [1.165, 1.54) is 0 Å². The Labute approximate surface area is 115 Å². The van der Waals surface area contributed by atoms with Crippen LogP contribution in [0, 0.1) is 12.8 Å². The van der Waals surface area contributed by atoms with Gasteiger partial charge in [-0.1, -0.05) is 17.7 Å². The van der Waals surface area contributed by atoms with Crippen LogP contribution in [0.25, 0.3) is 0 Å². The van der Waals surface area contributed by atoms with Crippen LogP contribution in [0.3, 0.4) is 0 Å². The molecule has 1 fully saturated rings. The summed E-state index contributed by atoms with van der Waals surface area (Å²) in [5.74, 6) is 0.325. The predicted molar refractivity (Wildman–Crippen MR) is 77.4 cm³/mol. The van der Waals surface area contributed by atoms with E-state index < -0.39 is 0 Å². The normalized spacial score (nSPS) is 23.2. The zero-order valence-corrected chi connectivity index (χ0v) is 12.2. The van der Waals surface area contributed by atoms with Crippen LogP contribution >= 0.6 is 11.6 Å². The molecule has 1 N–H and O–H groups in total. The second-order valence-electron chi connectivity index (χ2n) is 5.76. The van der Waals surface area contributed by atoms with Crippen molar-refractivity contribution in [3.8, 4) is 0 Å². The minimum absolute atomic E-state index is 0.0222. The fraction of sp³-hybridized carbons (Fsp3) is 0.600. The molecule has 18 heavy (non-hydrogen) atoms. The standard InChI is InChI=1S/C15H22ClNO/c1-11-6-7-13(9-14(11)16)17-8-4-5-12(10-18)15(17,2)3/h6-7,9,12,18H,4-5,8,10H2,1-3H3. The van der Waals surface area contributed by atoms with E-state index in [9.17, 15) is 5.11 Å². The summed E-state index contributed by atoms with van der Waals surface area (Å²) in [6, 6.07) is 6.23. The van der Waals surface area contributed by atoms with Crippen molar-refractivity contribution < 1.29 is 5.11 Å². The molecule has 2 rings (SSSR count). The highest BCUT2D eigenvalue weighted by Crippen LogP contribution is 2.37. The SMILES string of the molecule is Cc1ccc(N2CCCC(CO)C2(C)C)cc1Cl. The van der Waals surface area contributed by atoms with E-state index in [0.29, 0.717) is 5.92 Å². The fourth-order valence-electron chi connectivity index (χ4n) is 2.88. The van der Waals surface area contributed by atoms with Gasteiger partial charge in [-0.25, -0.2) is 0 Å². The Balaban J connectivity index is 2.33. The number of nitrogens with zero attached hydrogens (tertiary/aromatic N) is 1. The summed E-state index contributed by atoms with van der Waals surface area (Å²) in [6.45, 7) is 7.72. The van der Waals surface area contributed by atoms with Crippen LogP contribution in [0.4, 0.5) is 5.69 Å². The molecule has 1 aromatic carbocycles. The van der Waals surface area contributed by atoms with Crippen LogP contribution in [-0.2, 0) is 0 Å². The average Bonchev–Trinajstić information content (AvgIpc) is 2.32. The molecule has 1 aromatic rings. The number of aliphatic hydroxyl groups is 1. The average molecular weight is 268 g/mol. The molecule has 0 aromatic heterocycles. The van der Waals surface area contributed by atoms with Crippen molar-refractivity contribution in [2.75, 3.05) is 18.1 Å². The Morgan fingerprint density at radius 2 is 2.17 bits per heavy atom. The van der Waals surface area contributed by atoms with Gasteiger partial charge in [0.25, 0.3) is 0 Å². The highest BCUT2D eigenvalue weighted by atomic mass is 35.5. The van der Waals surface area contributed by atoms with E-state index in [1.807, 2.05) is 13.0 Å². The summed E-state index contributed by atoms with van der Waals surface area (Å²) in [5.41, 5.74) is 2.24. The van der Waals surface area contributed by atoms with Crippen molar-refractivity contribution in [1.82, 2.24) is 0 Å². The van der Waals surface area contributed by atoms with Gasteiger partial charge < -0.3 is 10.0 Å². The summed E-state index contributed by atoms with van der Waals surface area (Å²) >= 11 is 6.22. The maximum absolute atomic E-state index is 9.54. The summed E-state index contributed by atoms with van der Waals surface area (Å²) in [5, 5.41) is 10.4. The fourth-order valence-corrected chi connectivity index (χ4v) is 3.06. The van der Waals surface area contributed by atoms with E-state index >= 15 is 0 Å². The molecule has 1 heterocycles. The topological polar surface area (TPSA) is 23.5 Å². The van der Waals surface area contributed by atoms with Crippen molar-refractivity contribution >= 4 is 17.3 Å². The van der Waals surface area contributed by atoms with Gasteiger partial charge in [0.05, 0.1) is 0 Å². The number of hydrogen-bond donors (Lipinski definition) is 1. The van der Waals surface area contributed by atoms with Gasteiger partial charge in [-0.3, -0.25) is 0 Å². The molecule has 1 unspecified atom stereocenters. The molecule has 0 aliphatic carbocycles. The van der Waals surface area contributed by atoms with Crippen LogP contribution in [0.5, 0.6) is 0 Å². The molecule has 0 saturated carbocycles. The van der Waals surface area contributed by atoms with Gasteiger partial charge in [0.2, 0.25) is 0 Å². The third-order valence-electron chi connectivity index (χ3n) is 4.32. The number of aryl methyl sites for hydroxylation is 1. The maximum Gasteiger partial charge on any atom is 0.0481 e. The minimum atomic E-state index is -0.0222. The Hall–Kier alpha value is -0.730. The lowest BCUT2D eigenvalue weighted by Gasteiger charge is -2.49. The molecule has 1 aliphatic rings. The van der Waals surface area contributed by atoms with Crippen molar-refractivity contribution in [2.45, 2.75) is 39.2 Å². The van der Waals surface area contributed by atoms with E-state index in [0.717, 1.165) is 35.7 Å². The number of rotatable bonds is 2. The largest absolute Gasteiger partial charge is 0.396 e. The van der Waals surface area contributed by atoms with Crippen LogP contribution < -0.4 is 4.90 Å². The van der Waals surface area contributed by atoms with E-state index in [4.69, 9.17) is 11.6 Å². The van der Waals surface area contributed by atoms with Crippen molar-refractivity contribution in [1.29, 1.82) is 0 Å². The number of benzene rings is 1. The lowest BCUT2D eigenvalue weighted by atomic mass is 9.79. The molecule has 0 radical (unpaired) electrons. The second-order valence-corrected chi connectivity index (χ2v) is 6.17. The Morgan fingerprint density at radius 3 is 2.78 bits per heavy atom. The number of piperidine rings is 1. The number of anilines is 1. The summed E-state index contributed by atoms with van der Waals surface area (Å²) < 4.78 is 0. The first-order chi connectivity index (χ1) is 8.46. The molecule has 0 bridgehead atoms. The molecule has 2 nitrogen and oxygen atoms in total. The zero-order valence-electron chi connectivity index (χ0n) is 11.4. The highest BCUT2D eigenvalue weighted by Gasteiger charge is 2.38. The summed E-state index contributed by atoms with van der Waals surface area (Å²) in [4.78, 5) is 2.38. The Morgan fingerprint density at radius 1 is 1.44 bits per heavy atom. The van der Waals surface area contributed by atoms with Gasteiger partial charge in [-0.15, -0.1) is 0 Å². The molecule has 1 saturated heterocycles. The van der Waals surface area contributed by atoms with Gasteiger partial charge in [0, 0.05) is 35.3 Å². The quantitative estimate of drug-likeness (QED) is 0.884. The molecule has 0 amide bonds. The van der Waals surface area contributed by atoms with Gasteiger partial charge in [-0.05, 0) is 51.3 Å². The Kier molecular flexibility index (Phi) is 3.88. The Bertz CT molecular complexity index is 431. The van der Waals surface area contributed by atoms with Crippen LogP contribution in [0.1, 0.15) is 32.3 Å². The first-order valence-electron chi connectivity index (χ1n) is 6.61. The predicted octanol–water partition coefficient (Wildman–Crippen LogP) is 3.64. The highest BCUT2D eigenvalue weighted by molar-refractivity contribution is 6.31. The zero-order chi connectivity index (χ0) is 13.3. The van der Waals surface area contributed by atoms with Crippen molar-refractivity contribution in [3.63, 3.8) is 0 Å². The third kappa shape index (κ3) is 2.36. The number of halogens is 1. The molecular weight excluding hydrogens is 246 g/mol. The summed E-state index contributed by atoms with van der Waals surface area (Å²) in [7, 11) is 0. The first kappa shape index (κ1) is 13.7. The third-order valence-corrected chi connectivity index (χ3v) is 4.72. The second kappa shape index (κ2) is 5.10. The van der Waals surface area contributed by atoms with Crippen LogP contribution in [-0.4, -0.2) is 23.8 Å². The number of aliphatic hydroxyl groups excluding tert-OH is 1. The van der Waals surface area contributed by atoms with E-state index in [2.05, 4.69) is 30.9 Å². The van der Waals surface area contributed by atoms with Gasteiger partial charge in [0.15, 0.2) is 0 Å². The molecule has 1 atom stereocenters. The molecule has 1 aliphatic heterocycles. The molecule has 3 heteroatoms. The van der Waals surface area contributed by atoms with Crippen molar-refractivity contribution in [3.05, 3.63) is 28.8 Å². The lowest BCUT2D eigenvalue weighted by molar-refractivity contribution is 0.136. The van der Waals surface area contributed by atoms with Crippen LogP contribution in [0.15, 0.2) is 18.2 Å². The summed E-state index contributed by atoms with van der Waals surface area (Å²) in [6.07, 6.45) is 2.22. The van der Waals surface area contributed by atoms with E-state index in [1.54, 1.807) is 0 Å². The van der Waals surface area contributed by atoms with Crippen molar-refractivity contribution in [2.24, 2.45) is 5.92 Å². The maximum atomic E-state index is 9.54. The smallest absolute Gasteiger partial charge is 0.0481 e. The molecule has 100 valence electrons. The van der Waals surface area contributed by atoms with Gasteiger partial charge >= 0.3 is 0 Å². The van der Waals surface area contributed by atoms with Gasteiger partial charge in [0.1, 0.15) is 0 Å². The molecule has 0 spiro atoms. The monoisotopic (exact) mass is 267 g/mol. The van der Waals surface area contributed by atoms with E-state index in [-0.39, 0.29) is 12.1 Å². The number of hydrogen-bond acceptors (Lipinski definition) is 2. The van der Waals surface area contributed by atoms with Crippen LogP contribution in [0.2, 0.25) is 5.02 Å². The molecular formula is C15H22ClNO.